The zero-order valence-electron chi connectivity index (χ0n) is 8.66. The second kappa shape index (κ2) is 4.96. The summed E-state index contributed by atoms with van der Waals surface area (Å²) < 4.78 is 48.8. The van der Waals surface area contributed by atoms with E-state index in [1.165, 1.54) is 0 Å². The van der Waals surface area contributed by atoms with Crippen molar-refractivity contribution in [2.75, 3.05) is 0 Å². The third-order valence-electron chi connectivity index (χ3n) is 2.04. The van der Waals surface area contributed by atoms with Gasteiger partial charge in [0.05, 0.1) is 11.6 Å². The van der Waals surface area contributed by atoms with Crippen molar-refractivity contribution in [2.24, 2.45) is 0 Å². The van der Waals surface area contributed by atoms with Crippen molar-refractivity contribution >= 4 is 11.6 Å². The van der Waals surface area contributed by atoms with E-state index in [1.54, 1.807) is 6.07 Å². The molecule has 1 unspecified atom stereocenters. The third kappa shape index (κ3) is 2.91. The van der Waals surface area contributed by atoms with Gasteiger partial charge >= 0.3 is 6.18 Å². The predicted molar refractivity (Wildman–Crippen MR) is 51.4 cm³/mol. The number of nitriles is 1. The molecule has 0 aromatic heterocycles. The highest BCUT2D eigenvalue weighted by Crippen LogP contribution is 2.21. The lowest BCUT2D eigenvalue weighted by atomic mass is 10.0. The SMILES string of the molecule is N#Cc1ccc(C(=O)C(F)C(=O)C(F)(F)F)cc1. The van der Waals surface area contributed by atoms with E-state index in [0.717, 1.165) is 24.3 Å². The van der Waals surface area contributed by atoms with E-state index in [9.17, 15) is 27.2 Å². The van der Waals surface area contributed by atoms with Crippen LogP contribution < -0.4 is 0 Å². The minimum Gasteiger partial charge on any atom is -0.290 e. The van der Waals surface area contributed by atoms with Crippen molar-refractivity contribution < 1.29 is 27.2 Å². The summed E-state index contributed by atoms with van der Waals surface area (Å²) in [7, 11) is 0. The van der Waals surface area contributed by atoms with E-state index < -0.39 is 29.5 Å². The van der Waals surface area contributed by atoms with Crippen LogP contribution in [0.25, 0.3) is 0 Å². The summed E-state index contributed by atoms with van der Waals surface area (Å²) in [5.41, 5.74) is -0.247. The zero-order valence-corrected chi connectivity index (χ0v) is 8.66. The van der Waals surface area contributed by atoms with Crippen LogP contribution in [0.15, 0.2) is 24.3 Å². The second-order valence-electron chi connectivity index (χ2n) is 3.28. The van der Waals surface area contributed by atoms with Crippen LogP contribution in [0.4, 0.5) is 17.6 Å². The number of ketones is 2. The van der Waals surface area contributed by atoms with Gasteiger partial charge in [0.2, 0.25) is 12.0 Å². The minimum atomic E-state index is -5.40. The van der Waals surface area contributed by atoms with E-state index in [0.29, 0.717) is 0 Å². The number of Topliss-reactive ketones (excluding diaryl/α,β-unsaturated/α-hetero) is 2. The molecule has 0 radical (unpaired) electrons. The highest BCUT2D eigenvalue weighted by Gasteiger charge is 2.46. The van der Waals surface area contributed by atoms with Gasteiger partial charge < -0.3 is 0 Å². The van der Waals surface area contributed by atoms with Crippen LogP contribution in [0.5, 0.6) is 0 Å². The van der Waals surface area contributed by atoms with Gasteiger partial charge in [0, 0.05) is 5.56 Å². The fourth-order valence-electron chi connectivity index (χ4n) is 1.12. The summed E-state index contributed by atoms with van der Waals surface area (Å²) in [4.78, 5) is 21.8. The topological polar surface area (TPSA) is 57.9 Å². The van der Waals surface area contributed by atoms with Gasteiger partial charge in [-0.25, -0.2) is 4.39 Å². The first-order chi connectivity index (χ1) is 8.27. The van der Waals surface area contributed by atoms with Crippen LogP contribution in [0.1, 0.15) is 15.9 Å². The molecular weight excluding hydrogens is 254 g/mol. The average molecular weight is 259 g/mol. The van der Waals surface area contributed by atoms with E-state index >= 15 is 0 Å². The Morgan fingerprint density at radius 2 is 1.67 bits per heavy atom. The summed E-state index contributed by atoms with van der Waals surface area (Å²) in [6, 6.07) is 5.96. The van der Waals surface area contributed by atoms with E-state index in [4.69, 9.17) is 5.26 Å². The van der Waals surface area contributed by atoms with Gasteiger partial charge in [-0.2, -0.15) is 18.4 Å². The second-order valence-corrected chi connectivity index (χ2v) is 3.28. The van der Waals surface area contributed by atoms with Gasteiger partial charge in [-0.1, -0.05) is 0 Å². The number of benzene rings is 1. The monoisotopic (exact) mass is 259 g/mol. The number of nitrogens with zero attached hydrogens (tertiary/aromatic N) is 1. The summed E-state index contributed by atoms with van der Waals surface area (Å²) >= 11 is 0. The molecular formula is C11H5F4NO2. The molecule has 18 heavy (non-hydrogen) atoms. The lowest BCUT2D eigenvalue weighted by Gasteiger charge is -2.09. The molecule has 0 amide bonds. The number of carbonyl (C=O) groups is 2. The quantitative estimate of drug-likeness (QED) is 0.475. The van der Waals surface area contributed by atoms with Crippen molar-refractivity contribution in [2.45, 2.75) is 12.3 Å². The molecule has 1 atom stereocenters. The molecule has 0 spiro atoms. The van der Waals surface area contributed by atoms with Gasteiger partial charge in [0.25, 0.3) is 5.78 Å². The van der Waals surface area contributed by atoms with Crippen LogP contribution in [0.3, 0.4) is 0 Å². The van der Waals surface area contributed by atoms with Crippen molar-refractivity contribution in [1.29, 1.82) is 5.26 Å². The molecule has 1 aromatic rings. The molecule has 3 nitrogen and oxygen atoms in total. The summed E-state index contributed by atoms with van der Waals surface area (Å²) in [5, 5.41) is 8.46. The average Bonchev–Trinajstić information content (AvgIpc) is 2.35. The van der Waals surface area contributed by atoms with Gasteiger partial charge in [0.15, 0.2) is 0 Å². The summed E-state index contributed by atoms with van der Waals surface area (Å²) in [6.45, 7) is 0. The smallest absolute Gasteiger partial charge is 0.290 e. The van der Waals surface area contributed by atoms with Crippen molar-refractivity contribution in [3.05, 3.63) is 35.4 Å². The Kier molecular flexibility index (Phi) is 3.81. The van der Waals surface area contributed by atoms with Gasteiger partial charge in [-0.15, -0.1) is 0 Å². The Balaban J connectivity index is 2.94. The fraction of sp³-hybridized carbons (Fsp3) is 0.182. The van der Waals surface area contributed by atoms with Gasteiger partial charge in [-0.05, 0) is 24.3 Å². The van der Waals surface area contributed by atoms with Crippen LogP contribution in [-0.4, -0.2) is 23.9 Å². The van der Waals surface area contributed by atoms with Gasteiger partial charge in [-0.3, -0.25) is 9.59 Å². The lowest BCUT2D eigenvalue weighted by Crippen LogP contribution is -2.36. The number of rotatable bonds is 3. The molecule has 1 rings (SSSR count). The molecule has 0 fully saturated rings. The molecule has 0 heterocycles. The zero-order chi connectivity index (χ0) is 13.9. The molecule has 0 bridgehead atoms. The maximum atomic E-state index is 13.1. The van der Waals surface area contributed by atoms with Crippen molar-refractivity contribution in [3.8, 4) is 6.07 Å². The van der Waals surface area contributed by atoms with Crippen molar-refractivity contribution in [1.82, 2.24) is 0 Å². The van der Waals surface area contributed by atoms with E-state index in [-0.39, 0.29) is 5.56 Å². The summed E-state index contributed by atoms with van der Waals surface area (Å²) in [5.74, 6) is -4.32. The molecule has 1 aromatic carbocycles. The number of carbonyl (C=O) groups excluding carboxylic acids is 2. The van der Waals surface area contributed by atoms with Crippen LogP contribution in [-0.2, 0) is 4.79 Å². The number of halogens is 4. The van der Waals surface area contributed by atoms with Crippen LogP contribution in [0, 0.1) is 11.3 Å². The first-order valence-electron chi connectivity index (χ1n) is 4.57. The molecule has 0 saturated heterocycles. The Hall–Kier alpha value is -2.23. The highest BCUT2D eigenvalue weighted by molar-refractivity contribution is 6.14. The normalized spacial score (nSPS) is 12.6. The van der Waals surface area contributed by atoms with Crippen LogP contribution in [0.2, 0.25) is 0 Å². The Labute approximate surface area is 98.6 Å². The molecule has 0 aliphatic carbocycles. The lowest BCUT2D eigenvalue weighted by molar-refractivity contribution is -0.174. The van der Waals surface area contributed by atoms with Gasteiger partial charge in [0.1, 0.15) is 0 Å². The Morgan fingerprint density at radius 1 is 1.17 bits per heavy atom. The minimum absolute atomic E-state index is 0.157. The predicted octanol–water partition coefficient (Wildman–Crippen LogP) is 2.21. The number of alkyl halides is 4. The number of hydrogen-bond acceptors (Lipinski definition) is 3. The van der Waals surface area contributed by atoms with Crippen molar-refractivity contribution in [3.63, 3.8) is 0 Å². The molecule has 0 aliphatic heterocycles. The third-order valence-corrected chi connectivity index (χ3v) is 2.04. The molecule has 7 heteroatoms. The van der Waals surface area contributed by atoms with E-state index in [1.807, 2.05) is 0 Å². The highest BCUT2D eigenvalue weighted by atomic mass is 19.4. The maximum Gasteiger partial charge on any atom is 0.453 e. The fourth-order valence-corrected chi connectivity index (χ4v) is 1.12. The molecule has 0 N–H and O–H groups in total. The number of hydrogen-bond donors (Lipinski definition) is 0. The summed E-state index contributed by atoms with van der Waals surface area (Å²) in [6.07, 6.45) is -8.68. The Bertz CT molecular complexity index is 513. The first-order valence-corrected chi connectivity index (χ1v) is 4.57. The Morgan fingerprint density at radius 3 is 2.06 bits per heavy atom. The first kappa shape index (κ1) is 13.8. The molecule has 94 valence electrons. The van der Waals surface area contributed by atoms with Crippen LogP contribution >= 0.6 is 0 Å². The molecule has 0 saturated carbocycles. The maximum absolute atomic E-state index is 13.1. The largest absolute Gasteiger partial charge is 0.453 e. The standard InChI is InChI=1S/C11H5F4NO2/c12-8(10(18)11(13,14)15)9(17)7-3-1-6(5-16)2-4-7/h1-4,8H. The molecule has 0 aliphatic rings. The van der Waals surface area contributed by atoms with E-state index in [2.05, 4.69) is 0 Å².